The maximum atomic E-state index is 13.2. The van der Waals surface area contributed by atoms with E-state index in [0.29, 0.717) is 5.39 Å². The Balaban J connectivity index is 0.000000150. The van der Waals surface area contributed by atoms with Crippen LogP contribution in [0.4, 0.5) is 15.3 Å². The van der Waals surface area contributed by atoms with E-state index in [2.05, 4.69) is 118 Å². The molecular weight excluding hydrogens is 878 g/mol. The molecule has 12 rings (SSSR count). The number of halogens is 1. The molecule has 0 aliphatic carbocycles. The van der Waals surface area contributed by atoms with Crippen LogP contribution in [0.1, 0.15) is 0 Å². The molecule has 4 aromatic carbocycles. The van der Waals surface area contributed by atoms with Gasteiger partial charge in [-0.25, -0.2) is 19.9 Å². The Kier molecular flexibility index (Phi) is 11.5. The molecule has 15 heteroatoms. The first-order valence-electron chi connectivity index (χ1n) is 22.5. The summed E-state index contributed by atoms with van der Waals surface area (Å²) in [6.07, 6.45) is 11.3. The number of anilines is 2. The number of rotatable bonds is 8. The van der Waals surface area contributed by atoms with E-state index in [0.717, 1.165) is 114 Å². The number of hydrogen-bond donors (Lipinski definition) is 0. The second kappa shape index (κ2) is 18.2. The third kappa shape index (κ3) is 8.70. The van der Waals surface area contributed by atoms with Gasteiger partial charge < -0.3 is 23.6 Å². The van der Waals surface area contributed by atoms with Crippen molar-refractivity contribution in [2.45, 2.75) is 0 Å². The first-order valence-corrected chi connectivity index (χ1v) is 23.8. The third-order valence-electron chi connectivity index (χ3n) is 12.8. The Morgan fingerprint density at radius 3 is 1.69 bits per heavy atom. The number of ether oxygens (including phenoxy) is 1. The van der Waals surface area contributed by atoms with E-state index >= 15 is 0 Å². The Morgan fingerprint density at radius 1 is 0.544 bits per heavy atom. The summed E-state index contributed by atoms with van der Waals surface area (Å²) in [5.41, 5.74) is 13.2. The van der Waals surface area contributed by atoms with E-state index in [1.807, 2.05) is 53.2 Å². The average molecular weight is 924 g/mol. The summed E-state index contributed by atoms with van der Waals surface area (Å²) >= 11 is 0. The van der Waals surface area contributed by atoms with Crippen LogP contribution in [0.25, 0.3) is 77.9 Å². The van der Waals surface area contributed by atoms with E-state index in [1.165, 1.54) is 28.6 Å². The highest BCUT2D eigenvalue weighted by Gasteiger charge is 2.19. The topological polar surface area (TPSA) is 123 Å². The van der Waals surface area contributed by atoms with Crippen LogP contribution < -0.4 is 14.0 Å². The van der Waals surface area contributed by atoms with Gasteiger partial charge in [0.1, 0.15) is 11.3 Å². The van der Waals surface area contributed by atoms with Gasteiger partial charge in [0, 0.05) is 97.3 Å². The SMILES string of the molecule is CN1CCN(c2ccc(-c3ccn4c(-c5ccnc6ncccc56)cnc4c3)cc2)CC1.O=S(=O)(F)Oc1ccc(-c2cnc3cc(-c4ccc(N5CCOCC5)cc4)ccn23)c2ccccc12. The predicted octanol–water partition coefficient (Wildman–Crippen LogP) is 9.61. The average Bonchev–Trinajstić information content (AvgIpc) is 4.01. The fourth-order valence-electron chi connectivity index (χ4n) is 9.21. The largest absolute Gasteiger partial charge is 0.488 e. The Labute approximate surface area is 392 Å². The molecule has 2 fully saturated rings. The standard InChI is InChI=1S/C27H22FN3O4S.C26H24N6/c28-36(32,33)35-26-10-9-23(22-3-1-2-4-24(22)26)25-18-29-27-17-20(11-12-31(25)27)19-5-7-21(8-6-19)30-13-15-34-16-14-30;1-30-13-15-31(16-14-30)21-6-4-19(5-7-21)20-9-12-32-24(18-29-25(32)17-20)22-8-11-28-26-23(22)3-2-10-27-26/h1-12,17-18H,13-16H2;2-12,17-18H,13-16H2,1H3. The van der Waals surface area contributed by atoms with Crippen LogP contribution >= 0.6 is 0 Å². The summed E-state index contributed by atoms with van der Waals surface area (Å²) in [6, 6.07) is 42.1. The van der Waals surface area contributed by atoms with Crippen molar-refractivity contribution in [1.29, 1.82) is 0 Å². The van der Waals surface area contributed by atoms with Crippen molar-refractivity contribution in [3.05, 3.63) is 165 Å². The van der Waals surface area contributed by atoms with Crippen LogP contribution in [0.2, 0.25) is 0 Å². The van der Waals surface area contributed by atoms with Crippen molar-refractivity contribution in [2.24, 2.45) is 0 Å². The zero-order chi connectivity index (χ0) is 46.2. The lowest BCUT2D eigenvalue weighted by molar-refractivity contribution is 0.122. The number of fused-ring (bicyclic) bond motifs is 4. The van der Waals surface area contributed by atoms with E-state index in [4.69, 9.17) is 9.72 Å². The highest BCUT2D eigenvalue weighted by molar-refractivity contribution is 7.81. The lowest BCUT2D eigenvalue weighted by atomic mass is 10.0. The van der Waals surface area contributed by atoms with Crippen molar-refractivity contribution in [1.82, 2.24) is 33.6 Å². The smallest absolute Gasteiger partial charge is 0.378 e. The molecule has 2 aliphatic heterocycles. The van der Waals surface area contributed by atoms with Crippen LogP contribution in [0.3, 0.4) is 0 Å². The molecule has 0 amide bonds. The molecule has 0 bridgehead atoms. The zero-order valence-corrected chi connectivity index (χ0v) is 38.0. The highest BCUT2D eigenvalue weighted by atomic mass is 32.3. The Bertz CT molecular complexity index is 3550. The fraction of sp³-hybridized carbons (Fsp3) is 0.170. The van der Waals surface area contributed by atoms with E-state index in [9.17, 15) is 12.3 Å². The quantitative estimate of drug-likeness (QED) is 0.136. The molecule has 0 saturated carbocycles. The minimum Gasteiger partial charge on any atom is -0.378 e. The zero-order valence-electron chi connectivity index (χ0n) is 37.2. The van der Waals surface area contributed by atoms with Crippen LogP contribution in [0, 0.1) is 0 Å². The molecule has 0 atom stereocenters. The second-order valence-corrected chi connectivity index (χ2v) is 17.9. The normalized spacial score (nSPS) is 14.7. The van der Waals surface area contributed by atoms with Gasteiger partial charge in [-0.2, -0.15) is 8.42 Å². The molecule has 0 spiro atoms. The maximum absolute atomic E-state index is 13.2. The van der Waals surface area contributed by atoms with Gasteiger partial charge >= 0.3 is 10.5 Å². The number of nitrogens with zero attached hydrogens (tertiary/aromatic N) is 9. The number of piperazine rings is 1. The predicted molar refractivity (Wildman–Crippen MR) is 266 cm³/mol. The van der Waals surface area contributed by atoms with Crippen LogP contribution in [0.5, 0.6) is 5.75 Å². The summed E-state index contributed by atoms with van der Waals surface area (Å²) in [5.74, 6) is -0.0616. The van der Waals surface area contributed by atoms with Gasteiger partial charge in [-0.05, 0) is 114 Å². The van der Waals surface area contributed by atoms with Crippen LogP contribution in [-0.4, -0.2) is 102 Å². The number of pyridine rings is 4. The fourth-order valence-corrected chi connectivity index (χ4v) is 9.57. The maximum Gasteiger partial charge on any atom is 0.488 e. The second-order valence-electron chi connectivity index (χ2n) is 16.9. The molecule has 13 nitrogen and oxygen atoms in total. The third-order valence-corrected chi connectivity index (χ3v) is 13.2. The summed E-state index contributed by atoms with van der Waals surface area (Å²) in [5, 5.41) is 2.24. The molecule has 0 N–H and O–H groups in total. The minimum absolute atomic E-state index is 0.0616. The summed E-state index contributed by atoms with van der Waals surface area (Å²) in [4.78, 5) is 25.2. The first-order chi connectivity index (χ1) is 33.2. The molecule has 2 aliphatic rings. The summed E-state index contributed by atoms with van der Waals surface area (Å²) in [7, 11) is -2.95. The number of aromatic nitrogens is 6. The molecule has 6 aromatic heterocycles. The molecule has 0 radical (unpaired) electrons. The van der Waals surface area contributed by atoms with Gasteiger partial charge in [0.05, 0.1) is 37.0 Å². The molecule has 68 heavy (non-hydrogen) atoms. The van der Waals surface area contributed by atoms with Crippen molar-refractivity contribution in [2.75, 3.05) is 69.3 Å². The molecule has 0 unspecified atom stereocenters. The highest BCUT2D eigenvalue weighted by Crippen LogP contribution is 2.37. The lowest BCUT2D eigenvalue weighted by Gasteiger charge is -2.34. The van der Waals surface area contributed by atoms with Gasteiger partial charge in [0.25, 0.3) is 0 Å². The summed E-state index contributed by atoms with van der Waals surface area (Å²) < 4.78 is 49.5. The van der Waals surface area contributed by atoms with Gasteiger partial charge in [-0.3, -0.25) is 8.80 Å². The van der Waals surface area contributed by atoms with Crippen molar-refractivity contribution in [3.63, 3.8) is 0 Å². The first kappa shape index (κ1) is 42.9. The number of likely N-dealkylation sites (N-methyl/N-ethyl adjacent to an activating group) is 1. The van der Waals surface area contributed by atoms with Gasteiger partial charge in [0.15, 0.2) is 11.4 Å². The van der Waals surface area contributed by atoms with Gasteiger partial charge in [0.2, 0.25) is 0 Å². The monoisotopic (exact) mass is 923 g/mol. The Hall–Kier alpha value is -7.72. The molecule has 2 saturated heterocycles. The lowest BCUT2D eigenvalue weighted by Crippen LogP contribution is -2.44. The van der Waals surface area contributed by atoms with Crippen molar-refractivity contribution in [3.8, 4) is 50.5 Å². The minimum atomic E-state index is -5.14. The molecule has 340 valence electrons. The van der Waals surface area contributed by atoms with Crippen molar-refractivity contribution >= 4 is 55.0 Å². The van der Waals surface area contributed by atoms with Crippen LogP contribution in [0.15, 0.2) is 165 Å². The van der Waals surface area contributed by atoms with Gasteiger partial charge in [-0.15, -0.1) is 0 Å². The molecule has 10 aromatic rings. The summed E-state index contributed by atoms with van der Waals surface area (Å²) in [6.45, 7) is 7.69. The number of morpholine rings is 1. The van der Waals surface area contributed by atoms with Crippen molar-refractivity contribution < 1.29 is 21.2 Å². The van der Waals surface area contributed by atoms with E-state index < -0.39 is 10.5 Å². The van der Waals surface area contributed by atoms with E-state index in [-0.39, 0.29) is 5.75 Å². The molecule has 8 heterocycles. The number of hydrogen-bond acceptors (Lipinski definition) is 11. The Morgan fingerprint density at radius 2 is 1.09 bits per heavy atom. The number of benzene rings is 4. The number of imidazole rings is 2. The molecular formula is C53H46FN9O4S. The van der Waals surface area contributed by atoms with Gasteiger partial charge in [-0.1, -0.05) is 52.4 Å². The van der Waals surface area contributed by atoms with Crippen LogP contribution in [-0.2, 0) is 15.2 Å². The van der Waals surface area contributed by atoms with E-state index in [1.54, 1.807) is 36.8 Å².